The van der Waals surface area contributed by atoms with E-state index in [2.05, 4.69) is 0 Å². The van der Waals surface area contributed by atoms with Gasteiger partial charge in [-0.1, -0.05) is 38.1 Å². The van der Waals surface area contributed by atoms with Crippen molar-refractivity contribution in [2.45, 2.75) is 32.4 Å². The van der Waals surface area contributed by atoms with Crippen LogP contribution in [-0.4, -0.2) is 66.2 Å². The van der Waals surface area contributed by atoms with E-state index in [9.17, 15) is 19.2 Å². The van der Waals surface area contributed by atoms with Gasteiger partial charge in [0.2, 0.25) is 0 Å². The number of amides is 4. The predicted octanol–water partition coefficient (Wildman–Crippen LogP) is 2.58. The van der Waals surface area contributed by atoms with Crippen molar-refractivity contribution in [2.24, 2.45) is 5.92 Å². The molecule has 0 unspecified atom stereocenters. The van der Waals surface area contributed by atoms with Gasteiger partial charge in [-0.05, 0) is 36.6 Å². The lowest BCUT2D eigenvalue weighted by Crippen LogP contribution is -2.56. The topological polar surface area (TPSA) is 87.2 Å². The van der Waals surface area contributed by atoms with Gasteiger partial charge in [-0.25, -0.2) is 0 Å². The Kier molecular flexibility index (Phi) is 5.93. The fourth-order valence-electron chi connectivity index (χ4n) is 4.29. The van der Waals surface area contributed by atoms with Crippen molar-refractivity contribution in [2.75, 3.05) is 25.5 Å². The molecule has 4 amide bonds. The van der Waals surface area contributed by atoms with Crippen molar-refractivity contribution >= 4 is 29.3 Å². The second kappa shape index (κ2) is 8.69. The highest BCUT2D eigenvalue weighted by Gasteiger charge is 2.46. The number of likely N-dealkylation sites (N-methyl/N-ethyl adjacent to an activating group) is 1. The quantitative estimate of drug-likeness (QED) is 0.655. The summed E-state index contributed by atoms with van der Waals surface area (Å²) in [6.45, 7) is 3.86. The molecule has 0 bridgehead atoms. The molecule has 2 aliphatic rings. The Labute approximate surface area is 192 Å². The lowest BCUT2D eigenvalue weighted by Gasteiger charge is -2.38. The van der Waals surface area contributed by atoms with Gasteiger partial charge >= 0.3 is 0 Å². The van der Waals surface area contributed by atoms with Crippen LogP contribution in [0.4, 0.5) is 5.69 Å². The second-order valence-electron chi connectivity index (χ2n) is 8.93. The minimum Gasteiger partial charge on any atom is -0.476 e. The summed E-state index contributed by atoms with van der Waals surface area (Å²) in [6.07, 6.45) is -0.587. The van der Waals surface area contributed by atoms with Crippen LogP contribution in [0.15, 0.2) is 48.5 Å². The summed E-state index contributed by atoms with van der Waals surface area (Å²) in [6, 6.07) is 12.6. The molecule has 4 rings (SSSR count). The second-order valence-corrected chi connectivity index (χ2v) is 8.93. The molecule has 0 saturated heterocycles. The normalized spacial score (nSPS) is 18.0. The van der Waals surface area contributed by atoms with Crippen molar-refractivity contribution in [1.29, 1.82) is 0 Å². The Balaban J connectivity index is 1.73. The molecule has 0 radical (unpaired) electrons. The first kappa shape index (κ1) is 22.5. The maximum Gasteiger partial charge on any atom is 0.265 e. The third-order valence-electron chi connectivity index (χ3n) is 5.87. The van der Waals surface area contributed by atoms with Crippen molar-refractivity contribution in [3.05, 3.63) is 59.7 Å². The number of hydrogen-bond acceptors (Lipinski definition) is 5. The summed E-state index contributed by atoms with van der Waals surface area (Å²) in [7, 11) is 3.25. The minimum atomic E-state index is -1.00. The number of para-hydroxylation sites is 2. The monoisotopic (exact) mass is 449 g/mol. The molecule has 8 heteroatoms. The molecule has 33 heavy (non-hydrogen) atoms. The minimum absolute atomic E-state index is 0.00930. The maximum atomic E-state index is 14.0. The van der Waals surface area contributed by atoms with E-state index in [0.29, 0.717) is 29.0 Å². The van der Waals surface area contributed by atoms with Gasteiger partial charge in [-0.2, -0.15) is 0 Å². The zero-order valence-electron chi connectivity index (χ0n) is 19.1. The molecular formula is C25H27N3O5. The number of imide groups is 1. The number of benzene rings is 2. The van der Waals surface area contributed by atoms with E-state index in [0.717, 1.165) is 4.90 Å². The van der Waals surface area contributed by atoms with Crippen LogP contribution < -0.4 is 9.64 Å². The van der Waals surface area contributed by atoms with Gasteiger partial charge in [0, 0.05) is 14.1 Å². The van der Waals surface area contributed by atoms with E-state index in [4.69, 9.17) is 4.74 Å². The average molecular weight is 450 g/mol. The van der Waals surface area contributed by atoms with Crippen molar-refractivity contribution in [3.63, 3.8) is 0 Å². The molecule has 2 aromatic carbocycles. The van der Waals surface area contributed by atoms with Gasteiger partial charge < -0.3 is 14.5 Å². The molecule has 2 atom stereocenters. The number of anilines is 1. The summed E-state index contributed by atoms with van der Waals surface area (Å²) in [4.78, 5) is 57.0. The van der Waals surface area contributed by atoms with Gasteiger partial charge in [-0.3, -0.25) is 24.1 Å². The highest BCUT2D eigenvalue weighted by molar-refractivity contribution is 6.23. The number of carbonyl (C=O) groups excluding carboxylic acids is 4. The largest absolute Gasteiger partial charge is 0.476 e. The summed E-state index contributed by atoms with van der Waals surface area (Å²) in [5, 5.41) is 0. The molecule has 0 aromatic heterocycles. The molecule has 2 heterocycles. The molecule has 2 aromatic rings. The number of hydrogen-bond donors (Lipinski definition) is 0. The predicted molar refractivity (Wildman–Crippen MR) is 122 cm³/mol. The highest BCUT2D eigenvalue weighted by atomic mass is 16.5. The van der Waals surface area contributed by atoms with Crippen molar-refractivity contribution in [1.82, 2.24) is 9.80 Å². The molecule has 0 aliphatic carbocycles. The smallest absolute Gasteiger partial charge is 0.265 e. The Morgan fingerprint density at radius 2 is 1.58 bits per heavy atom. The van der Waals surface area contributed by atoms with Crippen LogP contribution in [0.25, 0.3) is 0 Å². The fourth-order valence-corrected chi connectivity index (χ4v) is 4.29. The fraction of sp³-hybridized carbons (Fsp3) is 0.360. The van der Waals surface area contributed by atoms with Crippen LogP contribution in [0.5, 0.6) is 5.75 Å². The third-order valence-corrected chi connectivity index (χ3v) is 5.87. The van der Waals surface area contributed by atoms with Crippen molar-refractivity contribution in [3.8, 4) is 5.75 Å². The van der Waals surface area contributed by atoms with E-state index >= 15 is 0 Å². The molecular weight excluding hydrogens is 422 g/mol. The zero-order chi connectivity index (χ0) is 23.9. The van der Waals surface area contributed by atoms with E-state index in [-0.39, 0.29) is 18.4 Å². The van der Waals surface area contributed by atoms with E-state index < -0.39 is 29.9 Å². The van der Waals surface area contributed by atoms with Gasteiger partial charge in [0.1, 0.15) is 11.8 Å². The Hall–Kier alpha value is -3.68. The molecule has 0 spiro atoms. The first-order valence-corrected chi connectivity index (χ1v) is 11.0. The van der Waals surface area contributed by atoms with Crippen LogP contribution in [0.3, 0.4) is 0 Å². The number of rotatable bonds is 5. The first-order valence-electron chi connectivity index (χ1n) is 11.0. The standard InChI is InChI=1S/C25H27N3O5/c1-15(2)13-19(28-22(29)16-9-5-6-10-17(16)23(28)30)24(31)27-14-21(25(32)26(3)4)33-20-12-8-7-11-18(20)27/h5-12,15,19,21H,13-14H2,1-4H3/t19-,21+/m1/s1. The Bertz CT molecular complexity index is 1090. The summed E-state index contributed by atoms with van der Waals surface area (Å²) in [5.41, 5.74) is 1.11. The molecule has 0 saturated carbocycles. The van der Waals surface area contributed by atoms with Gasteiger partial charge in [-0.15, -0.1) is 0 Å². The third kappa shape index (κ3) is 3.97. The summed E-state index contributed by atoms with van der Waals surface area (Å²) in [5.74, 6) is -1.19. The van der Waals surface area contributed by atoms with Crippen LogP contribution >= 0.6 is 0 Å². The Morgan fingerprint density at radius 3 is 2.15 bits per heavy atom. The van der Waals surface area contributed by atoms with E-state index in [1.165, 1.54) is 9.80 Å². The van der Waals surface area contributed by atoms with Gasteiger partial charge in [0.05, 0.1) is 23.4 Å². The van der Waals surface area contributed by atoms with Crippen LogP contribution in [0.1, 0.15) is 41.0 Å². The van der Waals surface area contributed by atoms with Gasteiger partial charge in [0.25, 0.3) is 23.6 Å². The number of ether oxygens (including phenoxy) is 1. The maximum absolute atomic E-state index is 14.0. The summed E-state index contributed by atoms with van der Waals surface area (Å²) < 4.78 is 5.88. The number of carbonyl (C=O) groups is 4. The number of nitrogens with zero attached hydrogens (tertiary/aromatic N) is 3. The molecule has 2 aliphatic heterocycles. The lowest BCUT2D eigenvalue weighted by atomic mass is 10.00. The number of fused-ring (bicyclic) bond motifs is 2. The van der Waals surface area contributed by atoms with Crippen LogP contribution in [0.2, 0.25) is 0 Å². The molecule has 0 N–H and O–H groups in total. The van der Waals surface area contributed by atoms with Crippen molar-refractivity contribution < 1.29 is 23.9 Å². The highest BCUT2D eigenvalue weighted by Crippen LogP contribution is 2.36. The Morgan fingerprint density at radius 1 is 1.00 bits per heavy atom. The zero-order valence-corrected chi connectivity index (χ0v) is 19.1. The summed E-state index contributed by atoms with van der Waals surface area (Å²) >= 11 is 0. The first-order chi connectivity index (χ1) is 15.7. The van der Waals surface area contributed by atoms with E-state index in [1.807, 2.05) is 13.8 Å². The molecule has 172 valence electrons. The van der Waals surface area contributed by atoms with Crippen LogP contribution in [0, 0.1) is 5.92 Å². The SMILES string of the molecule is CC(C)C[C@H](C(=O)N1C[C@@H](C(=O)N(C)C)Oc2ccccc21)N1C(=O)c2ccccc2C1=O. The van der Waals surface area contributed by atoms with Crippen LogP contribution in [-0.2, 0) is 9.59 Å². The van der Waals surface area contributed by atoms with E-state index in [1.54, 1.807) is 62.6 Å². The lowest BCUT2D eigenvalue weighted by molar-refractivity contribution is -0.136. The van der Waals surface area contributed by atoms with Gasteiger partial charge in [0.15, 0.2) is 6.10 Å². The average Bonchev–Trinajstić information content (AvgIpc) is 3.05. The molecule has 8 nitrogen and oxygen atoms in total. The molecule has 0 fully saturated rings.